The Morgan fingerprint density at radius 2 is 1.48 bits per heavy atom. The van der Waals surface area contributed by atoms with Crippen LogP contribution in [0.4, 0.5) is 0 Å². The maximum absolute atomic E-state index is 12.2. The number of para-hydroxylation sites is 2. The SMILES string of the molecule is O=C(COc1ccccc1)N1CCC(Oc2ccccc2)CC1. The fourth-order valence-corrected chi connectivity index (χ4v) is 2.67. The largest absolute Gasteiger partial charge is 0.490 e. The van der Waals surface area contributed by atoms with E-state index in [1.54, 1.807) is 0 Å². The first-order chi connectivity index (χ1) is 11.3. The number of hydrogen-bond acceptors (Lipinski definition) is 3. The van der Waals surface area contributed by atoms with E-state index in [1.807, 2.05) is 65.6 Å². The van der Waals surface area contributed by atoms with Crippen molar-refractivity contribution in [2.24, 2.45) is 0 Å². The summed E-state index contributed by atoms with van der Waals surface area (Å²) in [6.45, 7) is 1.52. The van der Waals surface area contributed by atoms with Crippen LogP contribution in [0.3, 0.4) is 0 Å². The molecule has 1 aliphatic heterocycles. The van der Waals surface area contributed by atoms with Crippen molar-refractivity contribution in [2.45, 2.75) is 18.9 Å². The third-order valence-electron chi connectivity index (χ3n) is 3.95. The summed E-state index contributed by atoms with van der Waals surface area (Å²) in [6.07, 6.45) is 1.88. The highest BCUT2D eigenvalue weighted by molar-refractivity contribution is 5.77. The molecule has 0 atom stereocenters. The summed E-state index contributed by atoms with van der Waals surface area (Å²) < 4.78 is 11.5. The van der Waals surface area contributed by atoms with Crippen molar-refractivity contribution in [3.05, 3.63) is 60.7 Å². The summed E-state index contributed by atoms with van der Waals surface area (Å²) in [5, 5.41) is 0. The second-order valence-corrected chi connectivity index (χ2v) is 5.61. The molecule has 0 bridgehead atoms. The molecule has 0 saturated carbocycles. The van der Waals surface area contributed by atoms with Gasteiger partial charge in [0.25, 0.3) is 5.91 Å². The van der Waals surface area contributed by atoms with Crippen LogP contribution in [0.5, 0.6) is 11.5 Å². The molecule has 0 aliphatic carbocycles. The normalized spacial score (nSPS) is 15.2. The van der Waals surface area contributed by atoms with Gasteiger partial charge in [0.2, 0.25) is 0 Å². The first-order valence-corrected chi connectivity index (χ1v) is 7.98. The molecule has 0 N–H and O–H groups in total. The number of carbonyl (C=O) groups excluding carboxylic acids is 1. The monoisotopic (exact) mass is 311 g/mol. The number of amides is 1. The van der Waals surface area contributed by atoms with Crippen LogP contribution in [0.15, 0.2) is 60.7 Å². The maximum Gasteiger partial charge on any atom is 0.260 e. The Balaban J connectivity index is 1.42. The third kappa shape index (κ3) is 4.49. The van der Waals surface area contributed by atoms with Gasteiger partial charge in [-0.25, -0.2) is 0 Å². The average Bonchev–Trinajstić information content (AvgIpc) is 2.62. The lowest BCUT2D eigenvalue weighted by Crippen LogP contribution is -2.43. The van der Waals surface area contributed by atoms with Crippen molar-refractivity contribution in [3.8, 4) is 11.5 Å². The second-order valence-electron chi connectivity index (χ2n) is 5.61. The van der Waals surface area contributed by atoms with E-state index in [4.69, 9.17) is 9.47 Å². The molecule has 4 heteroatoms. The predicted octanol–water partition coefficient (Wildman–Crippen LogP) is 3.14. The zero-order valence-corrected chi connectivity index (χ0v) is 13.1. The van der Waals surface area contributed by atoms with E-state index < -0.39 is 0 Å². The van der Waals surface area contributed by atoms with E-state index in [2.05, 4.69) is 0 Å². The Bertz CT molecular complexity index is 607. The van der Waals surface area contributed by atoms with Crippen molar-refractivity contribution >= 4 is 5.91 Å². The van der Waals surface area contributed by atoms with E-state index in [1.165, 1.54) is 0 Å². The van der Waals surface area contributed by atoms with Crippen molar-refractivity contribution in [1.29, 1.82) is 0 Å². The van der Waals surface area contributed by atoms with Crippen molar-refractivity contribution < 1.29 is 14.3 Å². The van der Waals surface area contributed by atoms with Crippen LogP contribution in [0.25, 0.3) is 0 Å². The number of ether oxygens (including phenoxy) is 2. The van der Waals surface area contributed by atoms with Crippen molar-refractivity contribution in [2.75, 3.05) is 19.7 Å². The summed E-state index contributed by atoms with van der Waals surface area (Å²) in [5.41, 5.74) is 0. The van der Waals surface area contributed by atoms with Gasteiger partial charge in [0.05, 0.1) is 0 Å². The van der Waals surface area contributed by atoms with Gasteiger partial charge in [0, 0.05) is 25.9 Å². The number of piperidine rings is 1. The van der Waals surface area contributed by atoms with E-state index in [0.29, 0.717) is 13.1 Å². The van der Waals surface area contributed by atoms with Gasteiger partial charge in [-0.3, -0.25) is 4.79 Å². The molecule has 0 aromatic heterocycles. The second kappa shape index (κ2) is 7.68. The van der Waals surface area contributed by atoms with Gasteiger partial charge in [-0.2, -0.15) is 0 Å². The van der Waals surface area contributed by atoms with Gasteiger partial charge >= 0.3 is 0 Å². The third-order valence-corrected chi connectivity index (χ3v) is 3.95. The number of benzene rings is 2. The van der Waals surface area contributed by atoms with Gasteiger partial charge in [0.1, 0.15) is 17.6 Å². The van der Waals surface area contributed by atoms with Gasteiger partial charge in [-0.05, 0) is 24.3 Å². The number of likely N-dealkylation sites (tertiary alicyclic amines) is 1. The topological polar surface area (TPSA) is 38.8 Å². The average molecular weight is 311 g/mol. The van der Waals surface area contributed by atoms with Crippen LogP contribution in [-0.2, 0) is 4.79 Å². The van der Waals surface area contributed by atoms with Crippen LogP contribution >= 0.6 is 0 Å². The van der Waals surface area contributed by atoms with E-state index in [-0.39, 0.29) is 18.6 Å². The Labute approximate surface area is 136 Å². The molecule has 0 spiro atoms. The van der Waals surface area contributed by atoms with Crippen LogP contribution in [0.2, 0.25) is 0 Å². The molecular weight excluding hydrogens is 290 g/mol. The van der Waals surface area contributed by atoms with Crippen molar-refractivity contribution in [1.82, 2.24) is 4.90 Å². The predicted molar refractivity (Wildman–Crippen MR) is 88.6 cm³/mol. The van der Waals surface area contributed by atoms with Crippen LogP contribution < -0.4 is 9.47 Å². The Morgan fingerprint density at radius 3 is 2.09 bits per heavy atom. The molecule has 0 unspecified atom stereocenters. The standard InChI is InChI=1S/C19H21NO3/c21-19(15-22-16-7-3-1-4-8-16)20-13-11-18(12-14-20)23-17-9-5-2-6-10-17/h1-10,18H,11-15H2. The maximum atomic E-state index is 12.2. The number of carbonyl (C=O) groups is 1. The summed E-state index contributed by atoms with van der Waals surface area (Å²) in [5.74, 6) is 1.65. The molecule has 3 rings (SSSR count). The fraction of sp³-hybridized carbons (Fsp3) is 0.316. The molecular formula is C19H21NO3. The van der Waals surface area contributed by atoms with Crippen LogP contribution in [-0.4, -0.2) is 36.6 Å². The van der Waals surface area contributed by atoms with Gasteiger partial charge in [-0.1, -0.05) is 36.4 Å². The first-order valence-electron chi connectivity index (χ1n) is 7.98. The lowest BCUT2D eigenvalue weighted by Gasteiger charge is -2.32. The molecule has 120 valence electrons. The molecule has 1 heterocycles. The number of rotatable bonds is 5. The molecule has 1 fully saturated rings. The van der Waals surface area contributed by atoms with Crippen LogP contribution in [0.1, 0.15) is 12.8 Å². The Kier molecular flexibility index (Phi) is 5.14. The first kappa shape index (κ1) is 15.4. The molecule has 1 amide bonds. The zero-order chi connectivity index (χ0) is 15.9. The molecule has 4 nitrogen and oxygen atoms in total. The molecule has 1 saturated heterocycles. The number of hydrogen-bond donors (Lipinski definition) is 0. The quantitative estimate of drug-likeness (QED) is 0.851. The van der Waals surface area contributed by atoms with Gasteiger partial charge in [-0.15, -0.1) is 0 Å². The zero-order valence-electron chi connectivity index (χ0n) is 13.1. The Morgan fingerprint density at radius 1 is 0.913 bits per heavy atom. The van der Waals surface area contributed by atoms with Crippen molar-refractivity contribution in [3.63, 3.8) is 0 Å². The summed E-state index contributed by atoms with van der Waals surface area (Å²) in [4.78, 5) is 14.1. The number of nitrogens with zero attached hydrogens (tertiary/aromatic N) is 1. The minimum Gasteiger partial charge on any atom is -0.490 e. The minimum atomic E-state index is 0.0343. The van der Waals surface area contributed by atoms with Gasteiger partial charge < -0.3 is 14.4 Å². The lowest BCUT2D eigenvalue weighted by molar-refractivity contribution is -0.135. The molecule has 1 aliphatic rings. The van der Waals surface area contributed by atoms with E-state index >= 15 is 0 Å². The summed E-state index contributed by atoms with van der Waals surface area (Å²) in [6, 6.07) is 19.3. The van der Waals surface area contributed by atoms with Gasteiger partial charge in [0.15, 0.2) is 6.61 Å². The highest BCUT2D eigenvalue weighted by atomic mass is 16.5. The Hall–Kier alpha value is -2.49. The lowest BCUT2D eigenvalue weighted by atomic mass is 10.1. The summed E-state index contributed by atoms with van der Waals surface area (Å²) >= 11 is 0. The van der Waals surface area contributed by atoms with E-state index in [9.17, 15) is 4.79 Å². The highest BCUT2D eigenvalue weighted by Crippen LogP contribution is 2.19. The van der Waals surface area contributed by atoms with E-state index in [0.717, 1.165) is 24.3 Å². The van der Waals surface area contributed by atoms with Crippen LogP contribution in [0, 0.1) is 0 Å². The molecule has 0 radical (unpaired) electrons. The molecule has 2 aromatic rings. The highest BCUT2D eigenvalue weighted by Gasteiger charge is 2.24. The molecule has 23 heavy (non-hydrogen) atoms. The summed E-state index contributed by atoms with van der Waals surface area (Å²) in [7, 11) is 0. The fourth-order valence-electron chi connectivity index (χ4n) is 2.67. The molecule has 2 aromatic carbocycles. The smallest absolute Gasteiger partial charge is 0.260 e. The minimum absolute atomic E-state index is 0.0343.